The molecule has 0 radical (unpaired) electrons. The van der Waals surface area contributed by atoms with Gasteiger partial charge in [0.25, 0.3) is 0 Å². The van der Waals surface area contributed by atoms with Gasteiger partial charge in [0, 0.05) is 18.4 Å². The number of hydrogen-bond donors (Lipinski definition) is 0. The van der Waals surface area contributed by atoms with Crippen molar-refractivity contribution in [3.63, 3.8) is 0 Å². The lowest BCUT2D eigenvalue weighted by Gasteiger charge is -2.33. The predicted molar refractivity (Wildman–Crippen MR) is 84.7 cm³/mol. The summed E-state index contributed by atoms with van der Waals surface area (Å²) >= 11 is 1.83. The van der Waals surface area contributed by atoms with Gasteiger partial charge in [0.15, 0.2) is 0 Å². The Morgan fingerprint density at radius 3 is 2.85 bits per heavy atom. The average molecular weight is 292 g/mol. The fraction of sp³-hybridized carbons (Fsp3) is 0.688. The molecule has 3 nitrogen and oxygen atoms in total. The van der Waals surface area contributed by atoms with E-state index >= 15 is 0 Å². The zero-order chi connectivity index (χ0) is 14.0. The Kier molecular flexibility index (Phi) is 4.13. The SMILES string of the molecule is CN(C)CCO/N=C1\CC2(CCCCC2)c2ccsc21. The molecule has 110 valence electrons. The Balaban J connectivity index is 1.73. The van der Waals surface area contributed by atoms with Crippen LogP contribution < -0.4 is 0 Å². The van der Waals surface area contributed by atoms with E-state index in [4.69, 9.17) is 4.84 Å². The second-order valence-corrected chi connectivity index (χ2v) is 7.27. The Bertz CT molecular complexity index is 486. The van der Waals surface area contributed by atoms with Crippen molar-refractivity contribution in [1.29, 1.82) is 0 Å². The van der Waals surface area contributed by atoms with Gasteiger partial charge < -0.3 is 9.74 Å². The number of nitrogens with zero attached hydrogens (tertiary/aromatic N) is 2. The minimum Gasteiger partial charge on any atom is -0.394 e. The second kappa shape index (κ2) is 5.86. The predicted octanol–water partition coefficient (Wildman–Crippen LogP) is 3.64. The fourth-order valence-corrected chi connectivity index (χ4v) is 4.54. The molecule has 1 saturated carbocycles. The topological polar surface area (TPSA) is 24.8 Å². The number of fused-ring (bicyclic) bond motifs is 2. The number of oxime groups is 1. The quantitative estimate of drug-likeness (QED) is 0.625. The Morgan fingerprint density at radius 2 is 2.10 bits per heavy atom. The van der Waals surface area contributed by atoms with Crippen molar-refractivity contribution >= 4 is 17.0 Å². The van der Waals surface area contributed by atoms with Gasteiger partial charge in [-0.25, -0.2) is 0 Å². The van der Waals surface area contributed by atoms with Gasteiger partial charge in [-0.2, -0.15) is 0 Å². The summed E-state index contributed by atoms with van der Waals surface area (Å²) in [6.45, 7) is 1.59. The largest absolute Gasteiger partial charge is 0.394 e. The van der Waals surface area contributed by atoms with Gasteiger partial charge in [-0.05, 0) is 43.9 Å². The molecule has 0 bridgehead atoms. The van der Waals surface area contributed by atoms with Crippen molar-refractivity contribution in [1.82, 2.24) is 4.90 Å². The van der Waals surface area contributed by atoms with E-state index in [0.717, 1.165) is 13.0 Å². The summed E-state index contributed by atoms with van der Waals surface area (Å²) in [5.41, 5.74) is 3.13. The summed E-state index contributed by atoms with van der Waals surface area (Å²) in [5, 5.41) is 6.68. The Morgan fingerprint density at radius 1 is 1.30 bits per heavy atom. The minimum absolute atomic E-state index is 0.386. The van der Waals surface area contributed by atoms with E-state index in [9.17, 15) is 0 Å². The molecule has 0 aromatic carbocycles. The maximum Gasteiger partial charge on any atom is 0.129 e. The van der Waals surface area contributed by atoms with Crippen molar-refractivity contribution in [2.45, 2.75) is 43.9 Å². The highest BCUT2D eigenvalue weighted by atomic mass is 32.1. The van der Waals surface area contributed by atoms with Crippen LogP contribution in [0.1, 0.15) is 49.0 Å². The standard InChI is InChI=1S/C16H24N2OS/c1-18(2)9-10-19-17-14-12-16(7-4-3-5-8-16)13-6-11-20-15(13)14/h6,11H,3-5,7-10,12H2,1-2H3/b17-14+. The van der Waals surface area contributed by atoms with E-state index in [1.807, 2.05) is 11.3 Å². The molecule has 1 spiro atoms. The van der Waals surface area contributed by atoms with Crippen molar-refractivity contribution in [2.24, 2.45) is 5.16 Å². The zero-order valence-corrected chi connectivity index (χ0v) is 13.3. The molecule has 0 unspecified atom stereocenters. The van der Waals surface area contributed by atoms with Crippen LogP contribution in [-0.4, -0.2) is 37.9 Å². The highest BCUT2D eigenvalue weighted by Crippen LogP contribution is 2.50. The van der Waals surface area contributed by atoms with Crippen LogP contribution in [0.4, 0.5) is 0 Å². The van der Waals surface area contributed by atoms with Gasteiger partial charge in [-0.15, -0.1) is 11.3 Å². The maximum atomic E-state index is 5.54. The van der Waals surface area contributed by atoms with E-state index in [1.54, 1.807) is 5.56 Å². The molecule has 1 aromatic rings. The zero-order valence-electron chi connectivity index (χ0n) is 12.5. The lowest BCUT2D eigenvalue weighted by atomic mass is 9.71. The van der Waals surface area contributed by atoms with Crippen LogP contribution in [0.5, 0.6) is 0 Å². The molecule has 0 saturated heterocycles. The smallest absolute Gasteiger partial charge is 0.129 e. The van der Waals surface area contributed by atoms with Crippen LogP contribution in [0.2, 0.25) is 0 Å². The second-order valence-electron chi connectivity index (χ2n) is 6.36. The molecular weight excluding hydrogens is 268 g/mol. The van der Waals surface area contributed by atoms with Gasteiger partial charge >= 0.3 is 0 Å². The van der Waals surface area contributed by atoms with Crippen LogP contribution in [0.25, 0.3) is 0 Å². The summed E-state index contributed by atoms with van der Waals surface area (Å²) in [7, 11) is 4.11. The highest BCUT2D eigenvalue weighted by Gasteiger charge is 2.43. The van der Waals surface area contributed by atoms with E-state index < -0.39 is 0 Å². The van der Waals surface area contributed by atoms with Gasteiger partial charge in [0.1, 0.15) is 6.61 Å². The van der Waals surface area contributed by atoms with Gasteiger partial charge in [-0.3, -0.25) is 0 Å². The lowest BCUT2D eigenvalue weighted by molar-refractivity contribution is 0.125. The van der Waals surface area contributed by atoms with Crippen molar-refractivity contribution < 1.29 is 4.84 Å². The highest BCUT2D eigenvalue weighted by molar-refractivity contribution is 7.12. The molecule has 1 aromatic heterocycles. The molecule has 1 fully saturated rings. The van der Waals surface area contributed by atoms with Gasteiger partial charge in [0.2, 0.25) is 0 Å². The van der Waals surface area contributed by atoms with Crippen molar-refractivity contribution in [3.8, 4) is 0 Å². The number of rotatable bonds is 4. The third-order valence-corrected chi connectivity index (χ3v) is 5.58. The first-order valence-electron chi connectivity index (χ1n) is 7.63. The Labute approximate surface area is 125 Å². The van der Waals surface area contributed by atoms with E-state index in [1.165, 1.54) is 42.7 Å². The minimum atomic E-state index is 0.386. The third kappa shape index (κ3) is 2.63. The molecule has 2 aliphatic carbocycles. The molecule has 20 heavy (non-hydrogen) atoms. The van der Waals surface area contributed by atoms with Gasteiger partial charge in [-0.1, -0.05) is 24.4 Å². The number of hydrogen-bond acceptors (Lipinski definition) is 4. The van der Waals surface area contributed by atoms with Crippen LogP contribution in [-0.2, 0) is 10.3 Å². The van der Waals surface area contributed by atoms with E-state index in [0.29, 0.717) is 12.0 Å². The molecule has 2 aliphatic rings. The summed E-state index contributed by atoms with van der Waals surface area (Å²) in [5.74, 6) is 0. The summed E-state index contributed by atoms with van der Waals surface area (Å²) in [4.78, 5) is 9.05. The summed E-state index contributed by atoms with van der Waals surface area (Å²) in [6, 6.07) is 2.33. The average Bonchev–Trinajstić information content (AvgIpc) is 3.01. The maximum absolute atomic E-state index is 5.54. The number of thiophene rings is 1. The molecule has 1 heterocycles. The van der Waals surface area contributed by atoms with E-state index in [-0.39, 0.29) is 0 Å². The van der Waals surface area contributed by atoms with Gasteiger partial charge in [0.05, 0.1) is 10.6 Å². The first kappa shape index (κ1) is 14.1. The Hall–Kier alpha value is -0.870. The van der Waals surface area contributed by atoms with Crippen molar-refractivity contribution in [3.05, 3.63) is 21.9 Å². The van der Waals surface area contributed by atoms with Crippen LogP contribution >= 0.6 is 11.3 Å². The molecule has 0 aliphatic heterocycles. The molecule has 0 amide bonds. The summed E-state index contributed by atoms with van der Waals surface area (Å²) < 4.78 is 0. The fourth-order valence-electron chi connectivity index (χ4n) is 3.54. The van der Waals surface area contributed by atoms with Crippen LogP contribution in [0.3, 0.4) is 0 Å². The monoisotopic (exact) mass is 292 g/mol. The van der Waals surface area contributed by atoms with Crippen molar-refractivity contribution in [2.75, 3.05) is 27.2 Å². The third-order valence-electron chi connectivity index (χ3n) is 4.62. The molecule has 0 N–H and O–H groups in total. The van der Waals surface area contributed by atoms with E-state index in [2.05, 4.69) is 35.6 Å². The first-order chi connectivity index (χ1) is 9.71. The molecule has 0 atom stereocenters. The normalized spacial score (nSPS) is 22.6. The first-order valence-corrected chi connectivity index (χ1v) is 8.51. The van der Waals surface area contributed by atoms with Crippen LogP contribution in [0, 0.1) is 0 Å². The molecular formula is C16H24N2OS. The summed E-state index contributed by atoms with van der Waals surface area (Å²) in [6.07, 6.45) is 7.87. The number of likely N-dealkylation sites (N-methyl/N-ethyl adjacent to an activating group) is 1. The molecule has 3 rings (SSSR count). The lowest BCUT2D eigenvalue weighted by Crippen LogP contribution is -2.26. The molecule has 4 heteroatoms. The van der Waals surface area contributed by atoms with Crippen LogP contribution in [0.15, 0.2) is 16.6 Å².